The summed E-state index contributed by atoms with van der Waals surface area (Å²) in [6, 6.07) is 9.53. The second-order valence-electron chi connectivity index (χ2n) is 6.74. The summed E-state index contributed by atoms with van der Waals surface area (Å²) in [7, 11) is 0. The van der Waals surface area contributed by atoms with Crippen molar-refractivity contribution < 1.29 is 9.53 Å². The van der Waals surface area contributed by atoms with Gasteiger partial charge in [-0.05, 0) is 30.2 Å². The van der Waals surface area contributed by atoms with E-state index >= 15 is 0 Å². The SMILES string of the molecule is O=C(Nc1cccc(Cn2cncn2)c1)N1CCCOC(Cn2cccn2)C1. The highest BCUT2D eigenvalue weighted by molar-refractivity contribution is 5.89. The minimum Gasteiger partial charge on any atom is -0.374 e. The molecule has 1 N–H and O–H groups in total. The van der Waals surface area contributed by atoms with Gasteiger partial charge in [-0.25, -0.2) is 14.5 Å². The number of nitrogens with one attached hydrogen (secondary N) is 1. The van der Waals surface area contributed by atoms with Crippen molar-refractivity contribution in [1.29, 1.82) is 0 Å². The zero-order valence-electron chi connectivity index (χ0n) is 15.5. The van der Waals surface area contributed by atoms with E-state index in [2.05, 4.69) is 20.5 Å². The Bertz CT molecular complexity index is 880. The normalized spacial score (nSPS) is 17.3. The minimum atomic E-state index is -0.117. The van der Waals surface area contributed by atoms with E-state index in [1.807, 2.05) is 46.1 Å². The molecule has 1 saturated heterocycles. The van der Waals surface area contributed by atoms with E-state index in [0.29, 0.717) is 32.8 Å². The van der Waals surface area contributed by atoms with Crippen LogP contribution in [0.4, 0.5) is 10.5 Å². The molecule has 0 bridgehead atoms. The number of nitrogens with zero attached hydrogens (tertiary/aromatic N) is 6. The smallest absolute Gasteiger partial charge is 0.321 e. The molecule has 0 radical (unpaired) electrons. The number of amides is 2. The number of benzene rings is 1. The van der Waals surface area contributed by atoms with Crippen molar-refractivity contribution in [2.24, 2.45) is 0 Å². The fourth-order valence-electron chi connectivity index (χ4n) is 3.26. The van der Waals surface area contributed by atoms with Crippen LogP contribution >= 0.6 is 0 Å². The van der Waals surface area contributed by atoms with Gasteiger partial charge in [0.25, 0.3) is 0 Å². The third-order valence-electron chi connectivity index (χ3n) is 4.58. The highest BCUT2D eigenvalue weighted by Gasteiger charge is 2.23. The van der Waals surface area contributed by atoms with Crippen molar-refractivity contribution in [3.8, 4) is 0 Å². The van der Waals surface area contributed by atoms with Gasteiger partial charge in [0, 0.05) is 31.2 Å². The fraction of sp³-hybridized carbons (Fsp3) is 0.368. The van der Waals surface area contributed by atoms with E-state index in [1.165, 1.54) is 6.33 Å². The number of rotatable bonds is 5. The maximum Gasteiger partial charge on any atom is 0.321 e. The first-order valence-corrected chi connectivity index (χ1v) is 9.32. The number of urea groups is 1. The molecule has 3 aromatic rings. The molecule has 0 aliphatic carbocycles. The van der Waals surface area contributed by atoms with Crippen LogP contribution in [0.5, 0.6) is 0 Å². The molecule has 9 nitrogen and oxygen atoms in total. The van der Waals surface area contributed by atoms with E-state index in [0.717, 1.165) is 17.7 Å². The van der Waals surface area contributed by atoms with E-state index in [1.54, 1.807) is 17.2 Å². The Morgan fingerprint density at radius 3 is 3.04 bits per heavy atom. The molecule has 9 heteroatoms. The number of ether oxygens (including phenoxy) is 1. The van der Waals surface area contributed by atoms with Gasteiger partial charge in [0.2, 0.25) is 0 Å². The van der Waals surface area contributed by atoms with E-state index in [9.17, 15) is 4.79 Å². The molecule has 3 heterocycles. The first-order chi connectivity index (χ1) is 13.8. The molecule has 2 amide bonds. The first-order valence-electron chi connectivity index (χ1n) is 9.32. The number of hydrogen-bond donors (Lipinski definition) is 1. The Labute approximate surface area is 162 Å². The Hall–Kier alpha value is -3.20. The molecule has 146 valence electrons. The molecule has 2 aromatic heterocycles. The van der Waals surface area contributed by atoms with Gasteiger partial charge in [-0.3, -0.25) is 4.68 Å². The third kappa shape index (κ3) is 4.74. The predicted octanol–water partition coefficient (Wildman–Crippen LogP) is 1.85. The summed E-state index contributed by atoms with van der Waals surface area (Å²) in [5, 5.41) is 11.3. The summed E-state index contributed by atoms with van der Waals surface area (Å²) in [6.45, 7) is 3.07. The largest absolute Gasteiger partial charge is 0.374 e. The van der Waals surface area contributed by atoms with Gasteiger partial charge < -0.3 is 15.0 Å². The Balaban J connectivity index is 1.38. The van der Waals surface area contributed by atoms with Crippen LogP contribution in [-0.4, -0.2) is 61.3 Å². The molecule has 1 aliphatic heterocycles. The fourth-order valence-corrected chi connectivity index (χ4v) is 3.26. The van der Waals surface area contributed by atoms with Gasteiger partial charge in [-0.1, -0.05) is 12.1 Å². The summed E-state index contributed by atoms with van der Waals surface area (Å²) in [5.74, 6) is 0. The first kappa shape index (κ1) is 18.2. The number of carbonyl (C=O) groups excluding carboxylic acids is 1. The molecular formula is C19H23N7O2. The molecule has 0 spiro atoms. The van der Waals surface area contributed by atoms with Gasteiger partial charge in [0.1, 0.15) is 12.7 Å². The van der Waals surface area contributed by atoms with Crippen molar-refractivity contribution in [3.05, 3.63) is 60.9 Å². The second kappa shape index (κ2) is 8.66. The van der Waals surface area contributed by atoms with Crippen molar-refractivity contribution in [2.45, 2.75) is 25.6 Å². The van der Waals surface area contributed by atoms with E-state index in [-0.39, 0.29) is 12.1 Å². The van der Waals surface area contributed by atoms with Crippen LogP contribution in [0.3, 0.4) is 0 Å². The lowest BCUT2D eigenvalue weighted by molar-refractivity contribution is 0.0442. The van der Waals surface area contributed by atoms with Crippen molar-refractivity contribution >= 4 is 11.7 Å². The second-order valence-corrected chi connectivity index (χ2v) is 6.74. The van der Waals surface area contributed by atoms with Crippen molar-refractivity contribution in [3.63, 3.8) is 0 Å². The van der Waals surface area contributed by atoms with Crippen LogP contribution in [0.15, 0.2) is 55.4 Å². The average molecular weight is 381 g/mol. The molecule has 1 fully saturated rings. The molecule has 1 atom stereocenters. The Kier molecular flexibility index (Phi) is 5.62. The molecule has 1 unspecified atom stereocenters. The summed E-state index contributed by atoms with van der Waals surface area (Å²) < 4.78 is 9.46. The number of carbonyl (C=O) groups is 1. The van der Waals surface area contributed by atoms with Crippen LogP contribution < -0.4 is 5.32 Å². The molecule has 1 aliphatic rings. The molecular weight excluding hydrogens is 358 g/mol. The summed E-state index contributed by atoms with van der Waals surface area (Å²) in [6.07, 6.45) is 7.56. The lowest BCUT2D eigenvalue weighted by atomic mass is 10.2. The van der Waals surface area contributed by atoms with Gasteiger partial charge in [-0.15, -0.1) is 0 Å². The quantitative estimate of drug-likeness (QED) is 0.728. The Morgan fingerprint density at radius 2 is 2.21 bits per heavy atom. The standard InChI is InChI=1S/C19H23N7O2/c27-19(23-17-5-1-4-16(10-17)11-26-15-20-14-22-26)24-7-3-9-28-18(12-24)13-25-8-2-6-21-25/h1-2,4-6,8,10,14-15,18H,3,7,9,11-13H2,(H,23,27). The zero-order chi connectivity index (χ0) is 19.2. The van der Waals surface area contributed by atoms with Crippen LogP contribution in [0.1, 0.15) is 12.0 Å². The molecule has 28 heavy (non-hydrogen) atoms. The number of anilines is 1. The average Bonchev–Trinajstić information content (AvgIpc) is 3.33. The van der Waals surface area contributed by atoms with E-state index < -0.39 is 0 Å². The van der Waals surface area contributed by atoms with Gasteiger partial charge in [0.05, 0.1) is 25.7 Å². The summed E-state index contributed by atoms with van der Waals surface area (Å²) in [5.41, 5.74) is 1.80. The van der Waals surface area contributed by atoms with Crippen molar-refractivity contribution in [1.82, 2.24) is 29.4 Å². The maximum absolute atomic E-state index is 12.8. The minimum absolute atomic E-state index is 0.0770. The topological polar surface area (TPSA) is 90.1 Å². The predicted molar refractivity (Wildman–Crippen MR) is 103 cm³/mol. The molecule has 1 aromatic carbocycles. The molecule has 0 saturated carbocycles. The van der Waals surface area contributed by atoms with Gasteiger partial charge in [0.15, 0.2) is 0 Å². The third-order valence-corrected chi connectivity index (χ3v) is 4.58. The van der Waals surface area contributed by atoms with Crippen molar-refractivity contribution in [2.75, 3.05) is 25.0 Å². The number of aromatic nitrogens is 5. The summed E-state index contributed by atoms with van der Waals surface area (Å²) >= 11 is 0. The van der Waals surface area contributed by atoms with Crippen LogP contribution in [0.2, 0.25) is 0 Å². The monoisotopic (exact) mass is 381 g/mol. The highest BCUT2D eigenvalue weighted by atomic mass is 16.5. The van der Waals surface area contributed by atoms with Crippen LogP contribution in [-0.2, 0) is 17.8 Å². The maximum atomic E-state index is 12.8. The van der Waals surface area contributed by atoms with Crippen LogP contribution in [0, 0.1) is 0 Å². The van der Waals surface area contributed by atoms with Gasteiger partial charge >= 0.3 is 6.03 Å². The Morgan fingerprint density at radius 1 is 1.25 bits per heavy atom. The lowest BCUT2D eigenvalue weighted by Crippen LogP contribution is -2.41. The van der Waals surface area contributed by atoms with Crippen LogP contribution in [0.25, 0.3) is 0 Å². The highest BCUT2D eigenvalue weighted by Crippen LogP contribution is 2.14. The summed E-state index contributed by atoms with van der Waals surface area (Å²) in [4.78, 5) is 18.6. The van der Waals surface area contributed by atoms with Gasteiger partial charge in [-0.2, -0.15) is 10.2 Å². The van der Waals surface area contributed by atoms with E-state index in [4.69, 9.17) is 4.74 Å². The zero-order valence-corrected chi connectivity index (χ0v) is 15.5. The lowest BCUT2D eigenvalue weighted by Gasteiger charge is -2.24. The number of hydrogen-bond acceptors (Lipinski definition) is 5. The molecule has 4 rings (SSSR count).